The van der Waals surface area contributed by atoms with Gasteiger partial charge in [-0.25, -0.2) is 0 Å². The highest BCUT2D eigenvalue weighted by molar-refractivity contribution is 6.01. The molecule has 0 radical (unpaired) electrons. The minimum Gasteiger partial charge on any atom is -0.384 e. The fourth-order valence-corrected chi connectivity index (χ4v) is 2.46. The Hall–Kier alpha value is -2.43. The van der Waals surface area contributed by atoms with Crippen molar-refractivity contribution in [1.29, 1.82) is 5.41 Å². The van der Waals surface area contributed by atoms with Crippen LogP contribution in [0, 0.1) is 26.2 Å². The van der Waals surface area contributed by atoms with Crippen molar-refractivity contribution >= 4 is 11.5 Å². The molecule has 0 fully saturated rings. The average molecular weight is 283 g/mol. The van der Waals surface area contributed by atoms with Gasteiger partial charge in [0.15, 0.2) is 0 Å². The van der Waals surface area contributed by atoms with Crippen molar-refractivity contribution in [3.05, 3.63) is 52.6 Å². The van der Waals surface area contributed by atoms with Gasteiger partial charge >= 0.3 is 0 Å². The lowest BCUT2D eigenvalue weighted by Crippen LogP contribution is -2.24. The van der Waals surface area contributed by atoms with Gasteiger partial charge in [-0.05, 0) is 39.0 Å². The number of nitrogens with two attached hydrogens (primary N) is 1. The van der Waals surface area contributed by atoms with Crippen LogP contribution in [0.4, 0.5) is 5.69 Å². The zero-order valence-electron chi connectivity index (χ0n) is 12.9. The van der Waals surface area contributed by atoms with Crippen LogP contribution in [-0.2, 0) is 6.54 Å². The second-order valence-electron chi connectivity index (χ2n) is 5.28. The van der Waals surface area contributed by atoms with E-state index >= 15 is 0 Å². The van der Waals surface area contributed by atoms with E-state index in [0.717, 1.165) is 28.5 Å². The van der Waals surface area contributed by atoms with E-state index in [9.17, 15) is 0 Å². The molecule has 0 amide bonds. The molecule has 0 atom stereocenters. The Morgan fingerprint density at radius 2 is 1.90 bits per heavy atom. The zero-order valence-corrected chi connectivity index (χ0v) is 12.9. The third kappa shape index (κ3) is 3.37. The standard InChI is InChI=1S/C16H21N5/c1-10-6-5-7-13(20-10)9-21(4)14-8-11(2)19-12(3)15(14)16(17)18/h5-8H,9H2,1-4H3,(H3,17,18). The summed E-state index contributed by atoms with van der Waals surface area (Å²) in [6.07, 6.45) is 0. The van der Waals surface area contributed by atoms with Crippen molar-refractivity contribution in [3.63, 3.8) is 0 Å². The first-order chi connectivity index (χ1) is 9.88. The molecule has 2 heterocycles. The maximum absolute atomic E-state index is 7.79. The predicted molar refractivity (Wildman–Crippen MR) is 85.8 cm³/mol. The van der Waals surface area contributed by atoms with Gasteiger partial charge in [-0.1, -0.05) is 6.07 Å². The van der Waals surface area contributed by atoms with Crippen LogP contribution in [0.25, 0.3) is 0 Å². The SMILES string of the molecule is Cc1cccc(CN(C)c2cc(C)nc(C)c2C(=N)N)n1. The molecular formula is C16H21N5. The molecule has 2 aromatic heterocycles. The molecule has 5 nitrogen and oxygen atoms in total. The molecule has 0 saturated carbocycles. The third-order valence-corrected chi connectivity index (χ3v) is 3.33. The summed E-state index contributed by atoms with van der Waals surface area (Å²) >= 11 is 0. The van der Waals surface area contributed by atoms with Crippen LogP contribution in [0.1, 0.15) is 28.3 Å². The number of amidine groups is 1. The monoisotopic (exact) mass is 283 g/mol. The Bertz CT molecular complexity index is 678. The number of aromatic nitrogens is 2. The van der Waals surface area contributed by atoms with Gasteiger partial charge < -0.3 is 10.6 Å². The number of rotatable bonds is 4. The van der Waals surface area contributed by atoms with E-state index in [-0.39, 0.29) is 5.84 Å². The molecule has 0 aliphatic carbocycles. The highest BCUT2D eigenvalue weighted by atomic mass is 15.1. The molecule has 110 valence electrons. The van der Waals surface area contributed by atoms with Gasteiger partial charge in [0.25, 0.3) is 0 Å². The Morgan fingerprint density at radius 3 is 2.52 bits per heavy atom. The fourth-order valence-electron chi connectivity index (χ4n) is 2.46. The highest BCUT2D eigenvalue weighted by Crippen LogP contribution is 2.23. The first-order valence-corrected chi connectivity index (χ1v) is 6.85. The second-order valence-corrected chi connectivity index (χ2v) is 5.28. The van der Waals surface area contributed by atoms with E-state index in [1.54, 1.807) is 0 Å². The Labute approximate surface area is 125 Å². The molecule has 2 aromatic rings. The number of nitrogens with zero attached hydrogens (tertiary/aromatic N) is 3. The van der Waals surface area contributed by atoms with Crippen LogP contribution in [0.2, 0.25) is 0 Å². The van der Waals surface area contributed by atoms with Crippen molar-refractivity contribution in [3.8, 4) is 0 Å². The minimum absolute atomic E-state index is 0.0408. The highest BCUT2D eigenvalue weighted by Gasteiger charge is 2.15. The lowest BCUT2D eigenvalue weighted by Gasteiger charge is -2.23. The molecule has 0 bridgehead atoms. The van der Waals surface area contributed by atoms with Crippen molar-refractivity contribution < 1.29 is 0 Å². The number of pyridine rings is 2. The fraction of sp³-hybridized carbons (Fsp3) is 0.312. The van der Waals surface area contributed by atoms with E-state index in [2.05, 4.69) is 14.9 Å². The number of nitrogens with one attached hydrogen (secondary N) is 1. The van der Waals surface area contributed by atoms with Crippen molar-refractivity contribution in [1.82, 2.24) is 9.97 Å². The molecule has 0 aliphatic rings. The van der Waals surface area contributed by atoms with E-state index in [1.807, 2.05) is 52.1 Å². The molecular weight excluding hydrogens is 262 g/mol. The third-order valence-electron chi connectivity index (χ3n) is 3.33. The van der Waals surface area contributed by atoms with Crippen LogP contribution in [-0.4, -0.2) is 22.9 Å². The molecule has 0 saturated heterocycles. The summed E-state index contributed by atoms with van der Waals surface area (Å²) < 4.78 is 0. The van der Waals surface area contributed by atoms with Gasteiger partial charge in [0.1, 0.15) is 5.84 Å². The summed E-state index contributed by atoms with van der Waals surface area (Å²) in [6, 6.07) is 7.93. The lowest BCUT2D eigenvalue weighted by atomic mass is 10.1. The first-order valence-electron chi connectivity index (χ1n) is 6.85. The largest absolute Gasteiger partial charge is 0.384 e. The summed E-state index contributed by atoms with van der Waals surface area (Å²) in [5, 5.41) is 7.79. The maximum Gasteiger partial charge on any atom is 0.126 e. The number of hydrogen-bond acceptors (Lipinski definition) is 4. The topological polar surface area (TPSA) is 78.9 Å². The van der Waals surface area contributed by atoms with Gasteiger partial charge in [-0.15, -0.1) is 0 Å². The molecule has 0 aliphatic heterocycles. The molecule has 0 unspecified atom stereocenters. The maximum atomic E-state index is 7.79. The molecule has 0 spiro atoms. The number of aryl methyl sites for hydroxylation is 3. The van der Waals surface area contributed by atoms with Gasteiger partial charge in [0.2, 0.25) is 0 Å². The quantitative estimate of drug-likeness (QED) is 0.666. The number of nitrogen functional groups attached to an aromatic ring is 1. The van der Waals surface area contributed by atoms with Gasteiger partial charge in [0, 0.05) is 18.4 Å². The summed E-state index contributed by atoms with van der Waals surface area (Å²) in [7, 11) is 1.98. The molecule has 0 aromatic carbocycles. The van der Waals surface area contributed by atoms with Crippen LogP contribution in [0.3, 0.4) is 0 Å². The van der Waals surface area contributed by atoms with E-state index < -0.39 is 0 Å². The molecule has 21 heavy (non-hydrogen) atoms. The minimum atomic E-state index is 0.0408. The van der Waals surface area contributed by atoms with Crippen LogP contribution >= 0.6 is 0 Å². The van der Waals surface area contributed by atoms with E-state index in [0.29, 0.717) is 12.1 Å². The molecule has 3 N–H and O–H groups in total. The van der Waals surface area contributed by atoms with Crippen molar-refractivity contribution in [2.45, 2.75) is 27.3 Å². The van der Waals surface area contributed by atoms with Crippen LogP contribution in [0.5, 0.6) is 0 Å². The Kier molecular flexibility index (Phi) is 4.21. The van der Waals surface area contributed by atoms with Gasteiger partial charge in [-0.3, -0.25) is 15.4 Å². The molecule has 2 rings (SSSR count). The van der Waals surface area contributed by atoms with Crippen molar-refractivity contribution in [2.75, 3.05) is 11.9 Å². The first kappa shape index (κ1) is 15.0. The van der Waals surface area contributed by atoms with Gasteiger partial charge in [-0.2, -0.15) is 0 Å². The van der Waals surface area contributed by atoms with Crippen LogP contribution in [0.15, 0.2) is 24.3 Å². The van der Waals surface area contributed by atoms with Gasteiger partial charge in [0.05, 0.1) is 29.2 Å². The normalized spacial score (nSPS) is 10.5. The van der Waals surface area contributed by atoms with E-state index in [1.165, 1.54) is 0 Å². The average Bonchev–Trinajstić information content (AvgIpc) is 2.37. The smallest absolute Gasteiger partial charge is 0.126 e. The summed E-state index contributed by atoms with van der Waals surface area (Å²) in [6.45, 7) is 6.46. The number of anilines is 1. The lowest BCUT2D eigenvalue weighted by molar-refractivity contribution is 0.870. The summed E-state index contributed by atoms with van der Waals surface area (Å²) in [5.41, 5.74) is 11.0. The Balaban J connectivity index is 2.39. The summed E-state index contributed by atoms with van der Waals surface area (Å²) in [5.74, 6) is 0.0408. The summed E-state index contributed by atoms with van der Waals surface area (Å²) in [4.78, 5) is 11.0. The molecule has 5 heteroatoms. The van der Waals surface area contributed by atoms with Crippen molar-refractivity contribution in [2.24, 2.45) is 5.73 Å². The number of hydrogen-bond donors (Lipinski definition) is 2. The Morgan fingerprint density at radius 1 is 1.19 bits per heavy atom. The van der Waals surface area contributed by atoms with Crippen LogP contribution < -0.4 is 10.6 Å². The predicted octanol–water partition coefficient (Wildman–Crippen LogP) is 2.32. The van der Waals surface area contributed by atoms with E-state index in [4.69, 9.17) is 11.1 Å². The second kappa shape index (κ2) is 5.91. The zero-order chi connectivity index (χ0) is 15.6.